The highest BCUT2D eigenvalue weighted by atomic mass is 16.2. The van der Waals surface area contributed by atoms with Gasteiger partial charge in [0.05, 0.1) is 23.3 Å². The van der Waals surface area contributed by atoms with Gasteiger partial charge in [-0.2, -0.15) is 0 Å². The lowest BCUT2D eigenvalue weighted by atomic mass is 10.0. The number of nitrogens with one attached hydrogen (secondary N) is 2. The first-order valence-electron chi connectivity index (χ1n) is 7.62. The minimum Gasteiger partial charge on any atom is -0.344 e. The van der Waals surface area contributed by atoms with Gasteiger partial charge < -0.3 is 10.3 Å². The summed E-state index contributed by atoms with van der Waals surface area (Å²) in [5.74, 6) is 0.856. The minimum absolute atomic E-state index is 0.120. The zero-order chi connectivity index (χ0) is 16.4. The van der Waals surface area contributed by atoms with Crippen LogP contribution in [0.5, 0.6) is 0 Å². The summed E-state index contributed by atoms with van der Waals surface area (Å²) in [5.41, 5.74) is 3.06. The molecule has 1 aromatic carbocycles. The Hall–Kier alpha value is -2.70. The number of fused-ring (bicyclic) bond motifs is 1. The fourth-order valence-corrected chi connectivity index (χ4v) is 2.52. The first-order chi connectivity index (χ1) is 11.0. The number of H-pyrrole nitrogens is 1. The zero-order valence-electron chi connectivity index (χ0n) is 13.4. The van der Waals surface area contributed by atoms with Crippen molar-refractivity contribution in [3.63, 3.8) is 0 Å². The lowest BCUT2D eigenvalue weighted by Gasteiger charge is -2.20. The van der Waals surface area contributed by atoms with Crippen LogP contribution in [0.1, 0.15) is 31.3 Å². The van der Waals surface area contributed by atoms with E-state index in [0.29, 0.717) is 0 Å². The highest BCUT2D eigenvalue weighted by molar-refractivity contribution is 5.77. The molecule has 23 heavy (non-hydrogen) atoms. The molecule has 0 aliphatic rings. The Morgan fingerprint density at radius 2 is 2.22 bits per heavy atom. The summed E-state index contributed by atoms with van der Waals surface area (Å²) in [5, 5.41) is 10.5. The molecule has 2 N–H and O–H groups in total. The highest BCUT2D eigenvalue weighted by Crippen LogP contribution is 2.22. The number of hydrogen-bond acceptors (Lipinski definition) is 4. The van der Waals surface area contributed by atoms with Gasteiger partial charge in [0.2, 0.25) is 5.91 Å². The molecule has 0 saturated heterocycles. The Balaban J connectivity index is 1.81. The number of carbonyl (C=O) groups is 1. The van der Waals surface area contributed by atoms with Gasteiger partial charge in [-0.15, -0.1) is 5.10 Å². The highest BCUT2D eigenvalue weighted by Gasteiger charge is 2.22. The van der Waals surface area contributed by atoms with Crippen LogP contribution in [0.15, 0.2) is 30.6 Å². The van der Waals surface area contributed by atoms with Crippen LogP contribution >= 0.6 is 0 Å². The normalized spacial score (nSPS) is 12.7. The van der Waals surface area contributed by atoms with E-state index in [0.717, 1.165) is 16.9 Å². The number of imidazole rings is 1. The molecular weight excluding hydrogens is 292 g/mol. The van der Waals surface area contributed by atoms with Crippen LogP contribution in [0, 0.1) is 12.8 Å². The van der Waals surface area contributed by atoms with Crippen LogP contribution in [0.4, 0.5) is 0 Å². The minimum atomic E-state index is -0.182. The summed E-state index contributed by atoms with van der Waals surface area (Å²) in [6, 6.07) is 5.89. The maximum absolute atomic E-state index is 12.2. The van der Waals surface area contributed by atoms with E-state index in [4.69, 9.17) is 0 Å². The standard InChI is InChI=1S/C16H20N6O/c1-10(2)15(20-14(23)9-22-7-6-17-21-22)16-18-12-5-4-11(3)8-13(12)19-16/h4-8,10,15H,9H2,1-3H3,(H,18,19)(H,20,23)/t15-/m1/s1. The monoisotopic (exact) mass is 312 g/mol. The molecule has 0 bridgehead atoms. The quantitative estimate of drug-likeness (QED) is 0.754. The van der Waals surface area contributed by atoms with E-state index < -0.39 is 0 Å². The van der Waals surface area contributed by atoms with Crippen molar-refractivity contribution in [3.8, 4) is 0 Å². The molecule has 7 nitrogen and oxygen atoms in total. The molecule has 0 spiro atoms. The van der Waals surface area contributed by atoms with E-state index >= 15 is 0 Å². The average molecular weight is 312 g/mol. The SMILES string of the molecule is Cc1ccc2nc([C@H](NC(=O)Cn3ccnn3)C(C)C)[nH]c2c1. The van der Waals surface area contributed by atoms with Crippen molar-refractivity contribution in [2.24, 2.45) is 5.92 Å². The summed E-state index contributed by atoms with van der Waals surface area (Å²) in [7, 11) is 0. The average Bonchev–Trinajstić information content (AvgIpc) is 3.13. The van der Waals surface area contributed by atoms with Crippen molar-refractivity contribution in [2.45, 2.75) is 33.4 Å². The Bertz CT molecular complexity index is 805. The van der Waals surface area contributed by atoms with Crippen molar-refractivity contribution >= 4 is 16.9 Å². The first-order valence-corrected chi connectivity index (χ1v) is 7.62. The van der Waals surface area contributed by atoms with E-state index in [9.17, 15) is 4.79 Å². The van der Waals surface area contributed by atoms with Crippen molar-refractivity contribution in [3.05, 3.63) is 42.0 Å². The fourth-order valence-electron chi connectivity index (χ4n) is 2.52. The molecule has 1 amide bonds. The number of carbonyl (C=O) groups excluding carboxylic acids is 1. The second kappa shape index (κ2) is 6.20. The molecule has 0 unspecified atom stereocenters. The third-order valence-corrected chi connectivity index (χ3v) is 3.71. The molecule has 7 heteroatoms. The summed E-state index contributed by atoms with van der Waals surface area (Å²) in [6.07, 6.45) is 3.21. The fraction of sp³-hybridized carbons (Fsp3) is 0.375. The molecule has 0 saturated carbocycles. The van der Waals surface area contributed by atoms with E-state index in [1.54, 1.807) is 12.4 Å². The molecule has 0 radical (unpaired) electrons. The molecular formula is C16H20N6O. The molecule has 0 aliphatic carbocycles. The summed E-state index contributed by atoms with van der Waals surface area (Å²) in [4.78, 5) is 20.2. The number of aromatic nitrogens is 5. The molecule has 2 aromatic heterocycles. The third-order valence-electron chi connectivity index (χ3n) is 3.71. The summed E-state index contributed by atoms with van der Waals surface area (Å²) in [6.45, 7) is 6.29. The predicted octanol–water partition coefficient (Wildman–Crippen LogP) is 1.98. The topological polar surface area (TPSA) is 88.5 Å². The number of aromatic amines is 1. The van der Waals surface area contributed by atoms with E-state index in [2.05, 4.69) is 45.5 Å². The number of rotatable bonds is 5. The largest absolute Gasteiger partial charge is 0.344 e. The van der Waals surface area contributed by atoms with Crippen LogP contribution < -0.4 is 5.32 Å². The second-order valence-electron chi connectivity index (χ2n) is 6.03. The number of nitrogens with zero attached hydrogens (tertiary/aromatic N) is 4. The molecule has 0 aliphatic heterocycles. The van der Waals surface area contributed by atoms with Crippen LogP contribution in [0.3, 0.4) is 0 Å². The Morgan fingerprint density at radius 3 is 2.91 bits per heavy atom. The zero-order valence-corrected chi connectivity index (χ0v) is 13.4. The molecule has 0 fully saturated rings. The second-order valence-corrected chi connectivity index (χ2v) is 6.03. The van der Waals surface area contributed by atoms with E-state index in [1.165, 1.54) is 10.2 Å². The lowest BCUT2D eigenvalue weighted by Crippen LogP contribution is -2.35. The van der Waals surface area contributed by atoms with Gasteiger partial charge in [0.1, 0.15) is 12.4 Å². The van der Waals surface area contributed by atoms with Gasteiger partial charge in [0.25, 0.3) is 0 Å². The number of hydrogen-bond donors (Lipinski definition) is 2. The lowest BCUT2D eigenvalue weighted by molar-refractivity contribution is -0.123. The van der Waals surface area contributed by atoms with E-state index in [1.807, 2.05) is 19.1 Å². The smallest absolute Gasteiger partial charge is 0.242 e. The third kappa shape index (κ3) is 3.39. The van der Waals surface area contributed by atoms with Crippen molar-refractivity contribution in [2.75, 3.05) is 0 Å². The molecule has 2 heterocycles. The van der Waals surface area contributed by atoms with Gasteiger partial charge in [0.15, 0.2) is 0 Å². The maximum atomic E-state index is 12.2. The van der Waals surface area contributed by atoms with Gasteiger partial charge in [-0.05, 0) is 30.5 Å². The van der Waals surface area contributed by atoms with Crippen LogP contribution in [-0.2, 0) is 11.3 Å². The van der Waals surface area contributed by atoms with Crippen LogP contribution in [-0.4, -0.2) is 30.9 Å². The van der Waals surface area contributed by atoms with Gasteiger partial charge in [-0.1, -0.05) is 25.1 Å². The molecule has 120 valence electrons. The molecule has 3 aromatic rings. The first kappa shape index (κ1) is 15.2. The number of aryl methyl sites for hydroxylation is 1. The van der Waals surface area contributed by atoms with E-state index in [-0.39, 0.29) is 24.4 Å². The van der Waals surface area contributed by atoms with Gasteiger partial charge in [-0.25, -0.2) is 9.67 Å². The van der Waals surface area contributed by atoms with Crippen LogP contribution in [0.25, 0.3) is 11.0 Å². The number of amides is 1. The molecule has 1 atom stereocenters. The Morgan fingerprint density at radius 1 is 1.39 bits per heavy atom. The summed E-state index contributed by atoms with van der Waals surface area (Å²) >= 11 is 0. The van der Waals surface area contributed by atoms with Crippen molar-refractivity contribution in [1.29, 1.82) is 0 Å². The number of benzene rings is 1. The van der Waals surface area contributed by atoms with Crippen molar-refractivity contribution < 1.29 is 4.79 Å². The Labute approximate surface area is 134 Å². The van der Waals surface area contributed by atoms with Gasteiger partial charge in [-0.3, -0.25) is 4.79 Å². The van der Waals surface area contributed by atoms with Gasteiger partial charge in [0, 0.05) is 6.20 Å². The maximum Gasteiger partial charge on any atom is 0.242 e. The Kier molecular flexibility index (Phi) is 4.10. The van der Waals surface area contributed by atoms with Crippen molar-refractivity contribution in [1.82, 2.24) is 30.3 Å². The van der Waals surface area contributed by atoms with Gasteiger partial charge >= 0.3 is 0 Å². The molecule has 3 rings (SSSR count). The van der Waals surface area contributed by atoms with Crippen LogP contribution in [0.2, 0.25) is 0 Å². The predicted molar refractivity (Wildman–Crippen MR) is 86.6 cm³/mol. The summed E-state index contributed by atoms with van der Waals surface area (Å²) < 4.78 is 1.49.